The lowest BCUT2D eigenvalue weighted by Crippen LogP contribution is -2.25. The number of hydrogen-bond donors (Lipinski definition) is 1. The minimum absolute atomic E-state index is 0.0945. The van der Waals surface area contributed by atoms with Gasteiger partial charge in [-0.15, -0.1) is 5.10 Å². The van der Waals surface area contributed by atoms with Crippen LogP contribution in [0.4, 0.5) is 0 Å². The number of rotatable bonds is 7. The van der Waals surface area contributed by atoms with E-state index >= 15 is 0 Å². The number of nitrogens with one attached hydrogen (secondary N) is 1. The van der Waals surface area contributed by atoms with Crippen LogP contribution in [0.3, 0.4) is 0 Å². The number of aromatic nitrogens is 3. The van der Waals surface area contributed by atoms with E-state index in [-0.39, 0.29) is 6.04 Å². The molecule has 6 heteroatoms. The van der Waals surface area contributed by atoms with Crippen molar-refractivity contribution in [1.29, 1.82) is 0 Å². The highest BCUT2D eigenvalue weighted by atomic mass is 79.9. The van der Waals surface area contributed by atoms with Gasteiger partial charge >= 0.3 is 0 Å². The molecule has 112 valence electrons. The van der Waals surface area contributed by atoms with Gasteiger partial charge in [0.25, 0.3) is 0 Å². The van der Waals surface area contributed by atoms with Gasteiger partial charge in [0.2, 0.25) is 5.88 Å². The highest BCUT2D eigenvalue weighted by Crippen LogP contribution is 2.18. The summed E-state index contributed by atoms with van der Waals surface area (Å²) in [6.45, 7) is 3.07. The molecule has 0 aliphatic carbocycles. The maximum atomic E-state index is 5.05. The van der Waals surface area contributed by atoms with Gasteiger partial charge in [-0.3, -0.25) is 4.98 Å². The Morgan fingerprint density at radius 2 is 2.10 bits per heavy atom. The number of ether oxygens (including phenoxy) is 1. The molecule has 0 aliphatic heterocycles. The van der Waals surface area contributed by atoms with Gasteiger partial charge in [-0.2, -0.15) is 5.10 Å². The van der Waals surface area contributed by atoms with Crippen LogP contribution in [-0.4, -0.2) is 28.8 Å². The van der Waals surface area contributed by atoms with E-state index in [4.69, 9.17) is 4.74 Å². The lowest BCUT2D eigenvalue weighted by molar-refractivity contribution is 0.389. The van der Waals surface area contributed by atoms with E-state index < -0.39 is 0 Å². The Kier molecular flexibility index (Phi) is 6.07. The second-order valence-electron chi connectivity index (χ2n) is 4.68. The molecule has 1 atom stereocenters. The highest BCUT2D eigenvalue weighted by molar-refractivity contribution is 9.10. The zero-order chi connectivity index (χ0) is 15.1. The van der Waals surface area contributed by atoms with Crippen LogP contribution in [0.25, 0.3) is 0 Å². The van der Waals surface area contributed by atoms with Crippen LogP contribution in [0.15, 0.2) is 34.9 Å². The first-order chi connectivity index (χ1) is 10.2. The Morgan fingerprint density at radius 1 is 1.24 bits per heavy atom. The molecule has 0 aromatic carbocycles. The highest BCUT2D eigenvalue weighted by Gasteiger charge is 2.14. The largest absolute Gasteiger partial charge is 0.480 e. The molecule has 2 heterocycles. The second-order valence-corrected chi connectivity index (χ2v) is 5.59. The molecule has 0 saturated carbocycles. The molecule has 0 saturated heterocycles. The molecule has 2 rings (SSSR count). The van der Waals surface area contributed by atoms with Crippen molar-refractivity contribution in [3.63, 3.8) is 0 Å². The smallest absolute Gasteiger partial charge is 0.233 e. The third-order valence-electron chi connectivity index (χ3n) is 3.07. The molecule has 1 N–H and O–H groups in total. The number of methoxy groups -OCH3 is 1. The number of pyridine rings is 1. The zero-order valence-corrected chi connectivity index (χ0v) is 13.8. The first-order valence-electron chi connectivity index (χ1n) is 6.94. The molecule has 5 nitrogen and oxygen atoms in total. The second kappa shape index (κ2) is 8.05. The van der Waals surface area contributed by atoms with Crippen molar-refractivity contribution in [2.75, 3.05) is 13.7 Å². The van der Waals surface area contributed by atoms with Crippen molar-refractivity contribution in [3.05, 3.63) is 46.3 Å². The maximum Gasteiger partial charge on any atom is 0.233 e. The maximum absolute atomic E-state index is 5.05. The normalized spacial score (nSPS) is 12.1. The van der Waals surface area contributed by atoms with Gasteiger partial charge in [0.1, 0.15) is 0 Å². The van der Waals surface area contributed by atoms with Crippen molar-refractivity contribution in [1.82, 2.24) is 20.5 Å². The standard InChI is InChI=1S/C15H19BrN4O/c1-3-8-17-14(9-12-5-4-11(16)10-18-12)13-6-7-15(21-2)20-19-13/h4-7,10,14,17H,3,8-9H2,1-2H3. The molecule has 0 fully saturated rings. The van der Waals surface area contributed by atoms with Crippen LogP contribution >= 0.6 is 15.9 Å². The summed E-state index contributed by atoms with van der Waals surface area (Å²) in [7, 11) is 1.59. The molecule has 0 aliphatic rings. The van der Waals surface area contributed by atoms with Gasteiger partial charge < -0.3 is 10.1 Å². The van der Waals surface area contributed by atoms with Gasteiger partial charge in [0.15, 0.2) is 0 Å². The summed E-state index contributed by atoms with van der Waals surface area (Å²) < 4.78 is 6.03. The fraction of sp³-hybridized carbons (Fsp3) is 0.400. The van der Waals surface area contributed by atoms with Crippen molar-refractivity contribution >= 4 is 15.9 Å². The number of hydrogen-bond acceptors (Lipinski definition) is 5. The molecule has 0 spiro atoms. The third kappa shape index (κ3) is 4.75. The fourth-order valence-electron chi connectivity index (χ4n) is 1.96. The fourth-order valence-corrected chi connectivity index (χ4v) is 2.20. The summed E-state index contributed by atoms with van der Waals surface area (Å²) >= 11 is 3.40. The van der Waals surface area contributed by atoms with E-state index in [1.165, 1.54) is 0 Å². The quantitative estimate of drug-likeness (QED) is 0.831. The van der Waals surface area contributed by atoms with Gasteiger partial charge in [0.05, 0.1) is 18.8 Å². The molecule has 0 amide bonds. The molecular weight excluding hydrogens is 332 g/mol. The van der Waals surface area contributed by atoms with E-state index in [0.717, 1.165) is 35.2 Å². The van der Waals surface area contributed by atoms with Gasteiger partial charge in [-0.05, 0) is 47.1 Å². The van der Waals surface area contributed by atoms with Crippen LogP contribution in [0.1, 0.15) is 30.8 Å². The Labute approximate surface area is 133 Å². The monoisotopic (exact) mass is 350 g/mol. The number of nitrogens with zero attached hydrogens (tertiary/aromatic N) is 3. The van der Waals surface area contributed by atoms with Crippen LogP contribution in [-0.2, 0) is 6.42 Å². The minimum atomic E-state index is 0.0945. The average Bonchev–Trinajstić information content (AvgIpc) is 2.53. The molecule has 1 unspecified atom stereocenters. The van der Waals surface area contributed by atoms with E-state index in [1.807, 2.05) is 30.5 Å². The van der Waals surface area contributed by atoms with Crippen molar-refractivity contribution in [3.8, 4) is 5.88 Å². The molecule has 0 bridgehead atoms. The van der Waals surface area contributed by atoms with Gasteiger partial charge in [-0.25, -0.2) is 0 Å². The zero-order valence-electron chi connectivity index (χ0n) is 12.2. The van der Waals surface area contributed by atoms with Crippen LogP contribution < -0.4 is 10.1 Å². The first-order valence-corrected chi connectivity index (χ1v) is 7.73. The SMILES string of the molecule is CCCNC(Cc1ccc(Br)cn1)c1ccc(OC)nn1. The Hall–Kier alpha value is -1.53. The topological polar surface area (TPSA) is 59.9 Å². The predicted molar refractivity (Wildman–Crippen MR) is 85.3 cm³/mol. The van der Waals surface area contributed by atoms with Crippen LogP contribution in [0.5, 0.6) is 5.88 Å². The van der Waals surface area contributed by atoms with Gasteiger partial charge in [-0.1, -0.05) is 6.92 Å². The van der Waals surface area contributed by atoms with E-state index in [2.05, 4.69) is 43.4 Å². The minimum Gasteiger partial charge on any atom is -0.480 e. The first kappa shape index (κ1) is 15.9. The number of halogens is 1. The summed E-state index contributed by atoms with van der Waals surface area (Å²) in [5.41, 5.74) is 1.92. The molecule has 0 radical (unpaired) electrons. The molecule has 21 heavy (non-hydrogen) atoms. The average molecular weight is 351 g/mol. The van der Waals surface area contributed by atoms with E-state index in [1.54, 1.807) is 7.11 Å². The summed E-state index contributed by atoms with van der Waals surface area (Å²) in [6.07, 6.45) is 3.65. The summed E-state index contributed by atoms with van der Waals surface area (Å²) in [6, 6.07) is 7.88. The lowest BCUT2D eigenvalue weighted by atomic mass is 10.1. The molecular formula is C15H19BrN4O. The Morgan fingerprint density at radius 3 is 2.67 bits per heavy atom. The predicted octanol–water partition coefficient (Wildman–Crippen LogP) is 2.93. The molecule has 2 aromatic rings. The lowest BCUT2D eigenvalue weighted by Gasteiger charge is -2.17. The molecule has 2 aromatic heterocycles. The van der Waals surface area contributed by atoms with Crippen LogP contribution in [0, 0.1) is 0 Å². The van der Waals surface area contributed by atoms with Crippen molar-refractivity contribution in [2.45, 2.75) is 25.8 Å². The van der Waals surface area contributed by atoms with Crippen molar-refractivity contribution in [2.24, 2.45) is 0 Å². The third-order valence-corrected chi connectivity index (χ3v) is 3.54. The van der Waals surface area contributed by atoms with Crippen molar-refractivity contribution < 1.29 is 4.74 Å². The van der Waals surface area contributed by atoms with Crippen LogP contribution in [0.2, 0.25) is 0 Å². The van der Waals surface area contributed by atoms with E-state index in [0.29, 0.717) is 5.88 Å². The van der Waals surface area contributed by atoms with Gasteiger partial charge in [0, 0.05) is 28.9 Å². The Balaban J connectivity index is 2.14. The summed E-state index contributed by atoms with van der Waals surface area (Å²) in [4.78, 5) is 4.43. The summed E-state index contributed by atoms with van der Waals surface area (Å²) in [5.74, 6) is 0.523. The Bertz CT molecular complexity index is 545. The van der Waals surface area contributed by atoms with E-state index in [9.17, 15) is 0 Å². The summed E-state index contributed by atoms with van der Waals surface area (Å²) in [5, 5.41) is 11.8.